The molecule has 0 spiro atoms. The Labute approximate surface area is 106 Å². The minimum absolute atomic E-state index is 0.404. The van der Waals surface area contributed by atoms with Crippen LogP contribution in [0.2, 0.25) is 0 Å². The number of morpholine rings is 1. The standard InChI is InChI=1S/C13H15N3O2/c1-2-7-18-12-4-3-11(10-14)13(15-12)16-5-8-17-9-6-16/h2-4H,1,5-9H2. The first kappa shape index (κ1) is 12.4. The highest BCUT2D eigenvalue weighted by Gasteiger charge is 2.17. The van der Waals surface area contributed by atoms with Crippen LogP contribution in [-0.2, 0) is 4.74 Å². The van der Waals surface area contributed by atoms with E-state index in [4.69, 9.17) is 14.7 Å². The second-order valence-electron chi connectivity index (χ2n) is 3.83. The molecule has 0 aliphatic carbocycles. The molecule has 0 radical (unpaired) electrons. The molecule has 0 N–H and O–H groups in total. The van der Waals surface area contributed by atoms with Crippen molar-refractivity contribution < 1.29 is 9.47 Å². The summed E-state index contributed by atoms with van der Waals surface area (Å²) in [5.41, 5.74) is 0.558. The minimum atomic E-state index is 0.404. The summed E-state index contributed by atoms with van der Waals surface area (Å²) in [7, 11) is 0. The SMILES string of the molecule is C=CCOc1ccc(C#N)c(N2CCOCC2)n1. The zero-order valence-electron chi connectivity index (χ0n) is 10.1. The van der Waals surface area contributed by atoms with Gasteiger partial charge in [-0.25, -0.2) is 0 Å². The number of hydrogen-bond donors (Lipinski definition) is 0. The lowest BCUT2D eigenvalue weighted by molar-refractivity contribution is 0.122. The van der Waals surface area contributed by atoms with Crippen molar-refractivity contribution in [3.63, 3.8) is 0 Å². The second-order valence-corrected chi connectivity index (χ2v) is 3.83. The Hall–Kier alpha value is -2.06. The lowest BCUT2D eigenvalue weighted by Crippen LogP contribution is -2.37. The van der Waals surface area contributed by atoms with Gasteiger partial charge < -0.3 is 14.4 Å². The molecule has 1 aromatic heterocycles. The Morgan fingerprint density at radius 2 is 2.28 bits per heavy atom. The van der Waals surface area contributed by atoms with Crippen LogP contribution in [0, 0.1) is 11.3 Å². The van der Waals surface area contributed by atoms with Crippen molar-refractivity contribution in [2.45, 2.75) is 0 Å². The number of aromatic nitrogens is 1. The normalized spacial score (nSPS) is 14.9. The lowest BCUT2D eigenvalue weighted by atomic mass is 10.2. The van der Waals surface area contributed by atoms with Crippen molar-refractivity contribution in [3.8, 4) is 11.9 Å². The summed E-state index contributed by atoms with van der Waals surface area (Å²) in [6, 6.07) is 5.59. The Bertz CT molecular complexity index is 462. The third-order valence-electron chi connectivity index (χ3n) is 2.63. The molecule has 2 heterocycles. The van der Waals surface area contributed by atoms with Crippen LogP contribution >= 0.6 is 0 Å². The summed E-state index contributed by atoms with van der Waals surface area (Å²) in [5, 5.41) is 9.11. The van der Waals surface area contributed by atoms with Crippen LogP contribution in [0.5, 0.6) is 5.88 Å². The van der Waals surface area contributed by atoms with Crippen LogP contribution in [0.3, 0.4) is 0 Å². The van der Waals surface area contributed by atoms with E-state index < -0.39 is 0 Å². The van der Waals surface area contributed by atoms with Crippen LogP contribution in [0.4, 0.5) is 5.82 Å². The van der Waals surface area contributed by atoms with Crippen LogP contribution < -0.4 is 9.64 Å². The van der Waals surface area contributed by atoms with Gasteiger partial charge in [0, 0.05) is 19.2 Å². The van der Waals surface area contributed by atoms with Gasteiger partial charge in [0.15, 0.2) is 5.82 Å². The van der Waals surface area contributed by atoms with E-state index >= 15 is 0 Å². The molecule has 0 aromatic carbocycles. The monoisotopic (exact) mass is 245 g/mol. The zero-order valence-corrected chi connectivity index (χ0v) is 10.1. The minimum Gasteiger partial charge on any atom is -0.473 e. The van der Waals surface area contributed by atoms with E-state index in [0.29, 0.717) is 37.1 Å². The summed E-state index contributed by atoms with van der Waals surface area (Å²) in [4.78, 5) is 6.43. The Kier molecular flexibility index (Phi) is 4.15. The molecule has 94 valence electrons. The third kappa shape index (κ3) is 2.79. The van der Waals surface area contributed by atoms with E-state index in [1.807, 2.05) is 4.90 Å². The second kappa shape index (κ2) is 6.03. The third-order valence-corrected chi connectivity index (χ3v) is 2.63. The highest BCUT2D eigenvalue weighted by Crippen LogP contribution is 2.22. The predicted molar refractivity (Wildman–Crippen MR) is 67.7 cm³/mol. The largest absolute Gasteiger partial charge is 0.473 e. The van der Waals surface area contributed by atoms with E-state index in [-0.39, 0.29) is 0 Å². The molecule has 1 aliphatic rings. The molecule has 0 atom stereocenters. The van der Waals surface area contributed by atoms with Gasteiger partial charge in [-0.3, -0.25) is 0 Å². The molecule has 18 heavy (non-hydrogen) atoms. The van der Waals surface area contributed by atoms with E-state index in [2.05, 4.69) is 17.6 Å². The number of nitrogens with zero attached hydrogens (tertiary/aromatic N) is 3. The maximum atomic E-state index is 9.11. The van der Waals surface area contributed by atoms with E-state index in [1.54, 1.807) is 18.2 Å². The van der Waals surface area contributed by atoms with Gasteiger partial charge in [-0.15, -0.1) is 0 Å². The smallest absolute Gasteiger partial charge is 0.215 e. The highest BCUT2D eigenvalue weighted by atomic mass is 16.5. The highest BCUT2D eigenvalue weighted by molar-refractivity contribution is 5.55. The first-order chi connectivity index (χ1) is 8.85. The van der Waals surface area contributed by atoms with E-state index in [9.17, 15) is 0 Å². The van der Waals surface area contributed by atoms with Crippen molar-refractivity contribution in [3.05, 3.63) is 30.4 Å². The van der Waals surface area contributed by atoms with Gasteiger partial charge >= 0.3 is 0 Å². The topological polar surface area (TPSA) is 58.4 Å². The van der Waals surface area contributed by atoms with Gasteiger partial charge in [-0.2, -0.15) is 10.2 Å². The van der Waals surface area contributed by atoms with E-state index in [1.165, 1.54) is 0 Å². The number of anilines is 1. The summed E-state index contributed by atoms with van der Waals surface area (Å²) >= 11 is 0. The zero-order chi connectivity index (χ0) is 12.8. The molecule has 1 aromatic rings. The molecular weight excluding hydrogens is 230 g/mol. The molecule has 0 unspecified atom stereocenters. The quantitative estimate of drug-likeness (QED) is 0.749. The number of rotatable bonds is 4. The van der Waals surface area contributed by atoms with Gasteiger partial charge in [0.05, 0.1) is 18.8 Å². The molecule has 2 rings (SSSR count). The van der Waals surface area contributed by atoms with Crippen molar-refractivity contribution in [2.24, 2.45) is 0 Å². The summed E-state index contributed by atoms with van der Waals surface area (Å²) in [5.74, 6) is 1.18. The van der Waals surface area contributed by atoms with Crippen LogP contribution in [-0.4, -0.2) is 37.9 Å². The molecule has 5 nitrogen and oxygen atoms in total. The first-order valence-corrected chi connectivity index (χ1v) is 5.82. The fourth-order valence-corrected chi connectivity index (χ4v) is 1.76. The number of ether oxygens (including phenoxy) is 2. The molecule has 5 heteroatoms. The van der Waals surface area contributed by atoms with Crippen molar-refractivity contribution in [1.29, 1.82) is 5.26 Å². The Morgan fingerprint density at radius 3 is 2.94 bits per heavy atom. The summed E-state index contributed by atoms with van der Waals surface area (Å²) < 4.78 is 10.7. The van der Waals surface area contributed by atoms with Gasteiger partial charge in [0.25, 0.3) is 0 Å². The average Bonchev–Trinajstić information content (AvgIpc) is 2.45. The number of nitriles is 1. The fraction of sp³-hybridized carbons (Fsp3) is 0.385. The van der Waals surface area contributed by atoms with Crippen molar-refractivity contribution >= 4 is 5.82 Å². The molecule has 0 bridgehead atoms. The van der Waals surface area contributed by atoms with Gasteiger partial charge in [-0.05, 0) is 6.07 Å². The molecule has 0 amide bonds. The van der Waals surface area contributed by atoms with Gasteiger partial charge in [0.1, 0.15) is 12.7 Å². The van der Waals surface area contributed by atoms with Crippen molar-refractivity contribution in [2.75, 3.05) is 37.8 Å². The van der Waals surface area contributed by atoms with E-state index in [0.717, 1.165) is 13.1 Å². The van der Waals surface area contributed by atoms with Crippen LogP contribution in [0.1, 0.15) is 5.56 Å². The number of pyridine rings is 1. The van der Waals surface area contributed by atoms with Crippen LogP contribution in [0.25, 0.3) is 0 Å². The predicted octanol–water partition coefficient (Wildman–Crippen LogP) is 1.35. The molecule has 1 saturated heterocycles. The summed E-state index contributed by atoms with van der Waals surface area (Å²) in [6.07, 6.45) is 1.66. The van der Waals surface area contributed by atoms with Crippen LogP contribution in [0.15, 0.2) is 24.8 Å². The molecule has 1 aliphatic heterocycles. The average molecular weight is 245 g/mol. The summed E-state index contributed by atoms with van der Waals surface area (Å²) in [6.45, 7) is 6.79. The Morgan fingerprint density at radius 1 is 1.50 bits per heavy atom. The van der Waals surface area contributed by atoms with Gasteiger partial charge in [-0.1, -0.05) is 12.7 Å². The van der Waals surface area contributed by atoms with Crippen molar-refractivity contribution in [1.82, 2.24) is 4.98 Å². The molecule has 1 fully saturated rings. The lowest BCUT2D eigenvalue weighted by Gasteiger charge is -2.28. The maximum Gasteiger partial charge on any atom is 0.215 e. The molecular formula is C13H15N3O2. The maximum absolute atomic E-state index is 9.11. The first-order valence-electron chi connectivity index (χ1n) is 5.82. The number of hydrogen-bond acceptors (Lipinski definition) is 5. The fourth-order valence-electron chi connectivity index (χ4n) is 1.76. The van der Waals surface area contributed by atoms with Gasteiger partial charge in [0.2, 0.25) is 5.88 Å². The molecule has 0 saturated carbocycles. The Balaban J connectivity index is 2.24.